The first-order valence-electron chi connectivity index (χ1n) is 15.4. The molecule has 2 aliphatic rings. The van der Waals surface area contributed by atoms with Crippen LogP contribution in [0.3, 0.4) is 0 Å². The quantitative estimate of drug-likeness (QED) is 0.112. The van der Waals surface area contributed by atoms with Gasteiger partial charge in [0.2, 0.25) is 0 Å². The predicted molar refractivity (Wildman–Crippen MR) is 147 cm³/mol. The van der Waals surface area contributed by atoms with Gasteiger partial charge in [-0.05, 0) is 68.1 Å². The van der Waals surface area contributed by atoms with Crippen LogP contribution in [0.15, 0.2) is 12.7 Å². The summed E-state index contributed by atoms with van der Waals surface area (Å²) in [4.78, 5) is 11.0. The Labute approximate surface area is 213 Å². The summed E-state index contributed by atoms with van der Waals surface area (Å²) in [6.07, 6.45) is 31.1. The Morgan fingerprint density at radius 3 is 2.00 bits per heavy atom. The molecule has 0 aromatic rings. The molecule has 0 aromatic heterocycles. The minimum Gasteiger partial charge on any atom is -0.463 e. The molecule has 2 nitrogen and oxygen atoms in total. The van der Waals surface area contributed by atoms with Crippen molar-refractivity contribution in [1.29, 1.82) is 0 Å². The maximum atomic E-state index is 11.0. The minimum atomic E-state index is -0.292. The summed E-state index contributed by atoms with van der Waals surface area (Å²) < 4.78 is 5.03. The number of rotatable bonds is 18. The summed E-state index contributed by atoms with van der Waals surface area (Å²) in [5.74, 6) is 4.84. The third kappa shape index (κ3) is 12.3. The van der Waals surface area contributed by atoms with E-state index in [0.29, 0.717) is 6.61 Å². The molecule has 198 valence electrons. The van der Waals surface area contributed by atoms with Crippen LogP contribution in [0.1, 0.15) is 149 Å². The minimum absolute atomic E-state index is 0.292. The van der Waals surface area contributed by atoms with Gasteiger partial charge >= 0.3 is 5.97 Å². The maximum absolute atomic E-state index is 11.0. The molecule has 3 atom stereocenters. The van der Waals surface area contributed by atoms with Gasteiger partial charge < -0.3 is 4.74 Å². The average Bonchev–Trinajstić information content (AvgIpc) is 2.86. The van der Waals surface area contributed by atoms with Crippen LogP contribution in [0.2, 0.25) is 0 Å². The van der Waals surface area contributed by atoms with Gasteiger partial charge in [-0.1, -0.05) is 117 Å². The fourth-order valence-electron chi connectivity index (χ4n) is 6.97. The maximum Gasteiger partial charge on any atom is 0.330 e. The van der Waals surface area contributed by atoms with E-state index in [0.717, 1.165) is 36.0 Å². The third-order valence-corrected chi connectivity index (χ3v) is 9.29. The van der Waals surface area contributed by atoms with Gasteiger partial charge in [0.05, 0.1) is 6.61 Å². The monoisotopic (exact) mass is 474 g/mol. The summed E-state index contributed by atoms with van der Waals surface area (Å²) in [7, 11) is 0. The molecule has 2 saturated carbocycles. The summed E-state index contributed by atoms with van der Waals surface area (Å²) >= 11 is 0. The topological polar surface area (TPSA) is 26.3 Å². The first kappa shape index (κ1) is 29.4. The van der Waals surface area contributed by atoms with E-state index in [9.17, 15) is 4.79 Å². The second kappa shape index (κ2) is 18.5. The van der Waals surface area contributed by atoms with Crippen molar-refractivity contribution in [1.82, 2.24) is 0 Å². The summed E-state index contributed by atoms with van der Waals surface area (Å²) in [6, 6.07) is 0. The zero-order valence-electron chi connectivity index (χ0n) is 23.0. The normalized spacial score (nSPS) is 27.4. The van der Waals surface area contributed by atoms with Crippen LogP contribution in [0.5, 0.6) is 0 Å². The Bertz CT molecular complexity index is 519. The molecule has 0 saturated heterocycles. The molecule has 0 spiro atoms. The average molecular weight is 475 g/mol. The number of unbranched alkanes of at least 4 members (excludes halogenated alkanes) is 10. The SMILES string of the molecule is C=CC(=O)OCCCCCCCCCC1CCC(C2CCC(CCCCCCC)C(C)C2)CC1. The lowest BCUT2D eigenvalue weighted by Gasteiger charge is -2.41. The Kier molecular flexibility index (Phi) is 16.0. The standard InChI is InChI=1S/C32H58O2/c1-4-6-7-11-15-18-29-23-24-31(26-27(29)3)30-21-19-28(20-22-30)17-14-12-9-8-10-13-16-25-34-32(33)5-2/h5,27-31H,2,4,6-26H2,1,3H3. The highest BCUT2D eigenvalue weighted by atomic mass is 16.5. The number of carbonyl (C=O) groups excluding carboxylic acids is 1. The van der Waals surface area contributed by atoms with E-state index >= 15 is 0 Å². The molecule has 2 aliphatic carbocycles. The molecular weight excluding hydrogens is 416 g/mol. The van der Waals surface area contributed by atoms with Crippen molar-refractivity contribution in [3.8, 4) is 0 Å². The van der Waals surface area contributed by atoms with Gasteiger partial charge in [0.15, 0.2) is 0 Å². The highest BCUT2D eigenvalue weighted by molar-refractivity contribution is 5.81. The van der Waals surface area contributed by atoms with Crippen molar-refractivity contribution in [2.75, 3.05) is 6.61 Å². The molecule has 34 heavy (non-hydrogen) atoms. The van der Waals surface area contributed by atoms with E-state index in [1.807, 2.05) is 0 Å². The molecule has 0 bridgehead atoms. The van der Waals surface area contributed by atoms with Crippen LogP contribution < -0.4 is 0 Å². The zero-order valence-corrected chi connectivity index (χ0v) is 23.0. The first-order chi connectivity index (χ1) is 16.6. The second-order valence-electron chi connectivity index (χ2n) is 11.9. The molecule has 0 radical (unpaired) electrons. The number of ether oxygens (including phenoxy) is 1. The fraction of sp³-hybridized carbons (Fsp3) is 0.906. The lowest BCUT2D eigenvalue weighted by molar-refractivity contribution is -0.137. The molecule has 2 heteroatoms. The molecule has 0 heterocycles. The summed E-state index contributed by atoms with van der Waals surface area (Å²) in [5.41, 5.74) is 0. The predicted octanol–water partition coefficient (Wildman–Crippen LogP) is 10.1. The van der Waals surface area contributed by atoms with Crippen LogP contribution in [-0.2, 0) is 9.53 Å². The van der Waals surface area contributed by atoms with Crippen molar-refractivity contribution in [2.24, 2.45) is 29.6 Å². The smallest absolute Gasteiger partial charge is 0.330 e. The van der Waals surface area contributed by atoms with Gasteiger partial charge in [-0.25, -0.2) is 4.79 Å². The molecule has 0 N–H and O–H groups in total. The molecule has 0 aromatic carbocycles. The van der Waals surface area contributed by atoms with Gasteiger partial charge in [-0.2, -0.15) is 0 Å². The van der Waals surface area contributed by atoms with Crippen LogP contribution in [0.4, 0.5) is 0 Å². The Morgan fingerprint density at radius 2 is 1.35 bits per heavy atom. The van der Waals surface area contributed by atoms with Crippen molar-refractivity contribution in [3.63, 3.8) is 0 Å². The number of carbonyl (C=O) groups is 1. The highest BCUT2D eigenvalue weighted by Crippen LogP contribution is 2.45. The van der Waals surface area contributed by atoms with E-state index in [4.69, 9.17) is 4.74 Å². The lowest BCUT2D eigenvalue weighted by Crippen LogP contribution is -2.30. The van der Waals surface area contributed by atoms with E-state index in [1.165, 1.54) is 134 Å². The van der Waals surface area contributed by atoms with Crippen LogP contribution >= 0.6 is 0 Å². The molecule has 3 unspecified atom stereocenters. The first-order valence-corrected chi connectivity index (χ1v) is 15.4. The number of hydrogen-bond acceptors (Lipinski definition) is 2. The van der Waals surface area contributed by atoms with Crippen molar-refractivity contribution < 1.29 is 9.53 Å². The van der Waals surface area contributed by atoms with Gasteiger partial charge in [0, 0.05) is 6.08 Å². The van der Waals surface area contributed by atoms with E-state index in [2.05, 4.69) is 20.4 Å². The third-order valence-electron chi connectivity index (χ3n) is 9.29. The van der Waals surface area contributed by atoms with Gasteiger partial charge in [-0.3, -0.25) is 0 Å². The van der Waals surface area contributed by atoms with Gasteiger partial charge in [0.25, 0.3) is 0 Å². The highest BCUT2D eigenvalue weighted by Gasteiger charge is 2.33. The van der Waals surface area contributed by atoms with Crippen molar-refractivity contribution in [3.05, 3.63) is 12.7 Å². The molecule has 0 amide bonds. The Balaban J connectivity index is 1.44. The van der Waals surface area contributed by atoms with Gasteiger partial charge in [0.1, 0.15) is 0 Å². The molecule has 0 aliphatic heterocycles. The number of esters is 1. The Morgan fingerprint density at radius 1 is 0.765 bits per heavy atom. The number of hydrogen-bond donors (Lipinski definition) is 0. The lowest BCUT2D eigenvalue weighted by atomic mass is 9.65. The van der Waals surface area contributed by atoms with E-state index in [-0.39, 0.29) is 5.97 Å². The fourth-order valence-corrected chi connectivity index (χ4v) is 6.97. The second-order valence-corrected chi connectivity index (χ2v) is 11.9. The van der Waals surface area contributed by atoms with E-state index in [1.54, 1.807) is 0 Å². The summed E-state index contributed by atoms with van der Waals surface area (Å²) in [6.45, 7) is 8.86. The molecule has 2 rings (SSSR count). The van der Waals surface area contributed by atoms with Crippen LogP contribution in [0.25, 0.3) is 0 Å². The molecule has 2 fully saturated rings. The summed E-state index contributed by atoms with van der Waals surface area (Å²) in [5, 5.41) is 0. The van der Waals surface area contributed by atoms with Crippen LogP contribution in [0, 0.1) is 29.6 Å². The van der Waals surface area contributed by atoms with Crippen molar-refractivity contribution >= 4 is 5.97 Å². The largest absolute Gasteiger partial charge is 0.463 e. The van der Waals surface area contributed by atoms with Crippen molar-refractivity contribution in [2.45, 2.75) is 149 Å². The zero-order chi connectivity index (χ0) is 24.4. The van der Waals surface area contributed by atoms with E-state index < -0.39 is 0 Å². The van der Waals surface area contributed by atoms with Gasteiger partial charge in [-0.15, -0.1) is 0 Å². The van der Waals surface area contributed by atoms with Crippen LogP contribution in [-0.4, -0.2) is 12.6 Å². The Hall–Kier alpha value is -0.790. The molecular formula is C32H58O2.